The molecule has 5 atom stereocenters. The van der Waals surface area contributed by atoms with Gasteiger partial charge in [0, 0.05) is 6.42 Å². The Morgan fingerprint density at radius 2 is 1.53 bits per heavy atom. The lowest BCUT2D eigenvalue weighted by Crippen LogP contribution is -2.58. The third-order valence-electron chi connectivity index (χ3n) is 5.52. The van der Waals surface area contributed by atoms with Crippen molar-refractivity contribution in [1.82, 2.24) is 16.0 Å². The average Bonchev–Trinajstić information content (AvgIpc) is 2.83. The van der Waals surface area contributed by atoms with Crippen molar-refractivity contribution < 1.29 is 29.4 Å². The molecule has 0 radical (unpaired) electrons. The minimum atomic E-state index is -1.39. The van der Waals surface area contributed by atoms with Gasteiger partial charge in [-0.2, -0.15) is 11.8 Å². The molecule has 0 aliphatic rings. The highest BCUT2D eigenvalue weighted by Crippen LogP contribution is 2.08. The van der Waals surface area contributed by atoms with Crippen LogP contribution in [0.2, 0.25) is 0 Å². The van der Waals surface area contributed by atoms with Gasteiger partial charge >= 0.3 is 5.97 Å². The summed E-state index contributed by atoms with van der Waals surface area (Å²) in [5, 5.41) is 26.6. The first-order valence-corrected chi connectivity index (χ1v) is 12.6. The number of aliphatic hydroxyl groups is 1. The molecule has 0 heterocycles. The molecular weight excluding hydrogens is 460 g/mol. The molecule has 1 aromatic rings. The maximum atomic E-state index is 12.8. The van der Waals surface area contributed by atoms with Crippen LogP contribution in [0.1, 0.15) is 32.3 Å². The number of rotatable bonds is 15. The maximum Gasteiger partial charge on any atom is 0.326 e. The van der Waals surface area contributed by atoms with Crippen LogP contribution in [0.25, 0.3) is 0 Å². The fraction of sp³-hybridized carbons (Fsp3) is 0.565. The lowest BCUT2D eigenvalue weighted by Gasteiger charge is -2.25. The summed E-state index contributed by atoms with van der Waals surface area (Å²) in [4.78, 5) is 49.6. The van der Waals surface area contributed by atoms with Crippen LogP contribution in [0.5, 0.6) is 0 Å². The number of hydrogen-bond acceptors (Lipinski definition) is 7. The number of carboxylic acid groups (broad SMARTS) is 1. The van der Waals surface area contributed by atoms with Gasteiger partial charge in [-0.25, -0.2) is 4.79 Å². The van der Waals surface area contributed by atoms with Gasteiger partial charge < -0.3 is 31.9 Å². The van der Waals surface area contributed by atoms with Crippen molar-refractivity contribution in [2.45, 2.75) is 57.3 Å². The number of carbonyl (C=O) groups is 4. The molecule has 3 amide bonds. The molecule has 10 nitrogen and oxygen atoms in total. The zero-order valence-electron chi connectivity index (χ0n) is 19.8. The van der Waals surface area contributed by atoms with Gasteiger partial charge in [-0.1, -0.05) is 50.6 Å². The van der Waals surface area contributed by atoms with Gasteiger partial charge in [-0.15, -0.1) is 0 Å². The van der Waals surface area contributed by atoms with Crippen LogP contribution < -0.4 is 21.7 Å². The molecule has 0 fully saturated rings. The fourth-order valence-corrected chi connectivity index (χ4v) is 3.54. The largest absolute Gasteiger partial charge is 0.480 e. The number of aliphatic hydroxyl groups excluding tert-OH is 1. The number of nitrogens with one attached hydrogen (secondary N) is 3. The van der Waals surface area contributed by atoms with Gasteiger partial charge in [0.15, 0.2) is 0 Å². The van der Waals surface area contributed by atoms with E-state index in [2.05, 4.69) is 16.0 Å². The van der Waals surface area contributed by atoms with E-state index in [0.29, 0.717) is 17.7 Å². The standard InChI is InChI=1S/C23H36N4O6S/c1-4-14(2)19(24)22(31)25-16(10-11-34-3)20(29)27-18(13-28)21(30)26-17(23(32)33)12-15-8-6-5-7-9-15/h5-9,14,16-19,28H,4,10-13,24H2,1-3H3,(H,25,31)(H,26,30)(H,27,29)(H,32,33). The Balaban J connectivity index is 2.86. The van der Waals surface area contributed by atoms with E-state index in [-0.39, 0.29) is 18.8 Å². The molecule has 0 aliphatic carbocycles. The van der Waals surface area contributed by atoms with Crippen molar-refractivity contribution >= 4 is 35.5 Å². The second-order valence-electron chi connectivity index (χ2n) is 8.09. The van der Waals surface area contributed by atoms with Gasteiger partial charge in [-0.3, -0.25) is 14.4 Å². The van der Waals surface area contributed by atoms with E-state index >= 15 is 0 Å². The zero-order valence-corrected chi connectivity index (χ0v) is 20.6. The van der Waals surface area contributed by atoms with Gasteiger partial charge in [0.2, 0.25) is 17.7 Å². The Morgan fingerprint density at radius 3 is 2.06 bits per heavy atom. The van der Waals surface area contributed by atoms with Crippen molar-refractivity contribution in [3.8, 4) is 0 Å². The van der Waals surface area contributed by atoms with E-state index in [1.54, 1.807) is 30.3 Å². The van der Waals surface area contributed by atoms with Crippen LogP contribution in [0, 0.1) is 5.92 Å². The van der Waals surface area contributed by atoms with Crippen molar-refractivity contribution in [2.24, 2.45) is 11.7 Å². The third-order valence-corrected chi connectivity index (χ3v) is 6.16. The van der Waals surface area contributed by atoms with Crippen LogP contribution >= 0.6 is 11.8 Å². The van der Waals surface area contributed by atoms with Gasteiger partial charge in [0.05, 0.1) is 12.6 Å². The summed E-state index contributed by atoms with van der Waals surface area (Å²) in [6.07, 6.45) is 2.87. The number of carbonyl (C=O) groups excluding carboxylic acids is 3. The number of hydrogen-bond donors (Lipinski definition) is 6. The number of benzene rings is 1. The van der Waals surface area contributed by atoms with Crippen LogP contribution in [0.4, 0.5) is 0 Å². The van der Waals surface area contributed by atoms with E-state index < -0.39 is 54.5 Å². The Hall–Kier alpha value is -2.63. The first kappa shape index (κ1) is 29.4. The minimum Gasteiger partial charge on any atom is -0.480 e. The molecule has 1 rings (SSSR count). The van der Waals surface area contributed by atoms with E-state index in [0.717, 1.165) is 0 Å². The molecule has 0 saturated heterocycles. The molecule has 190 valence electrons. The first-order valence-electron chi connectivity index (χ1n) is 11.2. The molecule has 1 aromatic carbocycles. The molecule has 5 unspecified atom stereocenters. The summed E-state index contributed by atoms with van der Waals surface area (Å²) in [5.41, 5.74) is 6.67. The van der Waals surface area contributed by atoms with Gasteiger partial charge in [0.25, 0.3) is 0 Å². The van der Waals surface area contributed by atoms with Crippen molar-refractivity contribution in [3.05, 3.63) is 35.9 Å². The molecule has 34 heavy (non-hydrogen) atoms. The third kappa shape index (κ3) is 9.70. The SMILES string of the molecule is CCC(C)C(N)C(=O)NC(CCSC)C(=O)NC(CO)C(=O)NC(Cc1ccccc1)C(=O)O. The van der Waals surface area contributed by atoms with E-state index in [1.165, 1.54) is 11.8 Å². The second-order valence-corrected chi connectivity index (χ2v) is 9.07. The fourth-order valence-electron chi connectivity index (χ4n) is 3.07. The minimum absolute atomic E-state index is 0.0356. The zero-order chi connectivity index (χ0) is 25.7. The highest BCUT2D eigenvalue weighted by molar-refractivity contribution is 7.98. The Kier molecular flexibility index (Phi) is 13.2. The summed E-state index contributed by atoms with van der Waals surface area (Å²) >= 11 is 1.48. The first-order chi connectivity index (χ1) is 16.1. The average molecular weight is 497 g/mol. The Labute approximate surface area is 204 Å². The number of aliphatic carboxylic acids is 1. The predicted molar refractivity (Wildman–Crippen MR) is 131 cm³/mol. The summed E-state index contributed by atoms with van der Waals surface area (Å²) in [5.74, 6) is -2.75. The lowest BCUT2D eigenvalue weighted by atomic mass is 9.99. The summed E-state index contributed by atoms with van der Waals surface area (Å²) in [7, 11) is 0. The Bertz CT molecular complexity index is 810. The number of thioether (sulfide) groups is 1. The highest BCUT2D eigenvalue weighted by Gasteiger charge is 2.30. The molecule has 11 heteroatoms. The molecule has 0 bridgehead atoms. The molecule has 0 aromatic heterocycles. The second kappa shape index (κ2) is 15.3. The van der Waals surface area contributed by atoms with Crippen LogP contribution in [-0.4, -0.2) is 76.7 Å². The van der Waals surface area contributed by atoms with Crippen molar-refractivity contribution in [3.63, 3.8) is 0 Å². The molecule has 0 aliphatic heterocycles. The number of amides is 3. The van der Waals surface area contributed by atoms with Crippen LogP contribution in [0.15, 0.2) is 30.3 Å². The van der Waals surface area contributed by atoms with Crippen LogP contribution in [-0.2, 0) is 25.6 Å². The summed E-state index contributed by atoms with van der Waals surface area (Å²) in [6, 6.07) is 4.37. The topological polar surface area (TPSA) is 171 Å². The molecule has 7 N–H and O–H groups in total. The number of carboxylic acids is 1. The van der Waals surface area contributed by atoms with Gasteiger partial charge in [0.1, 0.15) is 18.1 Å². The number of nitrogens with two attached hydrogens (primary N) is 1. The predicted octanol–water partition coefficient (Wildman–Crippen LogP) is -0.113. The Morgan fingerprint density at radius 1 is 0.971 bits per heavy atom. The highest BCUT2D eigenvalue weighted by atomic mass is 32.2. The molecule has 0 spiro atoms. The van der Waals surface area contributed by atoms with E-state index in [1.807, 2.05) is 20.1 Å². The normalized spacial score (nSPS) is 15.3. The lowest BCUT2D eigenvalue weighted by molar-refractivity contribution is -0.142. The van der Waals surface area contributed by atoms with Crippen molar-refractivity contribution in [1.29, 1.82) is 0 Å². The van der Waals surface area contributed by atoms with Crippen molar-refractivity contribution in [2.75, 3.05) is 18.6 Å². The maximum absolute atomic E-state index is 12.8. The van der Waals surface area contributed by atoms with Crippen LogP contribution in [0.3, 0.4) is 0 Å². The quantitative estimate of drug-likeness (QED) is 0.195. The smallest absolute Gasteiger partial charge is 0.326 e. The van der Waals surface area contributed by atoms with E-state index in [4.69, 9.17) is 5.73 Å². The summed E-state index contributed by atoms with van der Waals surface area (Å²) < 4.78 is 0. The van der Waals surface area contributed by atoms with E-state index in [9.17, 15) is 29.4 Å². The summed E-state index contributed by atoms with van der Waals surface area (Å²) in [6.45, 7) is 2.99. The van der Waals surface area contributed by atoms with Gasteiger partial charge in [-0.05, 0) is 29.9 Å². The molecule has 0 saturated carbocycles. The monoisotopic (exact) mass is 496 g/mol. The molecular formula is C23H36N4O6S.